The average molecular weight is 274 g/mol. The van der Waals surface area contributed by atoms with Crippen molar-refractivity contribution in [3.63, 3.8) is 0 Å². The number of rotatable bonds is 7. The summed E-state index contributed by atoms with van der Waals surface area (Å²) in [7, 11) is 0. The molecule has 0 aromatic rings. The molecule has 0 aliphatic carbocycles. The summed E-state index contributed by atoms with van der Waals surface area (Å²) >= 11 is 0. The standard InChI is InChI=1S/C13H26N2O4/c1-3-15(13(17)18-4-2)19-11-12(16)10-14-8-6-5-7-9-14/h12,16H,3-11H2,1-2H3. The highest BCUT2D eigenvalue weighted by atomic mass is 16.7. The first-order valence-electron chi connectivity index (χ1n) is 7.15. The van der Waals surface area contributed by atoms with Crippen LogP contribution in [0.15, 0.2) is 0 Å². The zero-order chi connectivity index (χ0) is 14.1. The van der Waals surface area contributed by atoms with Gasteiger partial charge in [0, 0.05) is 13.1 Å². The van der Waals surface area contributed by atoms with Crippen molar-refractivity contribution in [2.75, 3.05) is 39.4 Å². The fraction of sp³-hybridized carbons (Fsp3) is 0.923. The van der Waals surface area contributed by atoms with Gasteiger partial charge in [-0.3, -0.25) is 4.84 Å². The second-order valence-corrected chi connectivity index (χ2v) is 4.70. The SMILES string of the molecule is CCOC(=O)N(CC)OCC(O)CN1CCCCC1. The number of hydrogen-bond donors (Lipinski definition) is 1. The molecular weight excluding hydrogens is 248 g/mol. The minimum atomic E-state index is -0.582. The van der Waals surface area contributed by atoms with E-state index >= 15 is 0 Å². The number of likely N-dealkylation sites (tertiary alicyclic amines) is 1. The van der Waals surface area contributed by atoms with Crippen molar-refractivity contribution >= 4 is 6.09 Å². The van der Waals surface area contributed by atoms with Crippen LogP contribution in [-0.2, 0) is 9.57 Å². The van der Waals surface area contributed by atoms with Crippen LogP contribution in [0, 0.1) is 0 Å². The van der Waals surface area contributed by atoms with E-state index < -0.39 is 12.2 Å². The summed E-state index contributed by atoms with van der Waals surface area (Å²) in [4.78, 5) is 19.0. The Kier molecular flexibility index (Phi) is 7.78. The van der Waals surface area contributed by atoms with Gasteiger partial charge in [-0.2, -0.15) is 5.06 Å². The molecule has 1 aliphatic rings. The summed E-state index contributed by atoms with van der Waals surface area (Å²) < 4.78 is 4.85. The molecule has 1 heterocycles. The van der Waals surface area contributed by atoms with Crippen LogP contribution < -0.4 is 0 Å². The normalized spacial score (nSPS) is 18.1. The van der Waals surface area contributed by atoms with Gasteiger partial charge in [-0.25, -0.2) is 4.79 Å². The summed E-state index contributed by atoms with van der Waals surface area (Å²) in [6.45, 7) is 7.04. The Balaban J connectivity index is 2.23. The maximum absolute atomic E-state index is 11.5. The molecule has 6 heteroatoms. The van der Waals surface area contributed by atoms with Gasteiger partial charge >= 0.3 is 6.09 Å². The second kappa shape index (κ2) is 9.12. The quantitative estimate of drug-likeness (QED) is 0.708. The lowest BCUT2D eigenvalue weighted by molar-refractivity contribution is -0.156. The van der Waals surface area contributed by atoms with Gasteiger partial charge in [0.15, 0.2) is 0 Å². The number of hydroxylamine groups is 2. The molecule has 112 valence electrons. The van der Waals surface area contributed by atoms with E-state index in [1.807, 2.05) is 0 Å². The highest BCUT2D eigenvalue weighted by Crippen LogP contribution is 2.09. The zero-order valence-corrected chi connectivity index (χ0v) is 12.0. The van der Waals surface area contributed by atoms with E-state index in [2.05, 4.69) is 4.90 Å². The highest BCUT2D eigenvalue weighted by Gasteiger charge is 2.18. The number of carbonyl (C=O) groups is 1. The van der Waals surface area contributed by atoms with E-state index in [1.54, 1.807) is 13.8 Å². The molecule has 1 aliphatic heterocycles. The summed E-state index contributed by atoms with van der Waals surface area (Å²) in [5.41, 5.74) is 0. The van der Waals surface area contributed by atoms with E-state index in [-0.39, 0.29) is 6.61 Å². The molecule has 1 saturated heterocycles. The number of piperidine rings is 1. The lowest BCUT2D eigenvalue weighted by atomic mass is 10.1. The van der Waals surface area contributed by atoms with Crippen molar-refractivity contribution in [3.05, 3.63) is 0 Å². The highest BCUT2D eigenvalue weighted by molar-refractivity contribution is 5.66. The minimum absolute atomic E-state index is 0.114. The molecule has 19 heavy (non-hydrogen) atoms. The molecular formula is C13H26N2O4. The van der Waals surface area contributed by atoms with Crippen molar-refractivity contribution in [3.8, 4) is 0 Å². The molecule has 0 bridgehead atoms. The molecule has 1 N–H and O–H groups in total. The molecule has 1 atom stereocenters. The van der Waals surface area contributed by atoms with Gasteiger partial charge in [0.05, 0.1) is 12.7 Å². The van der Waals surface area contributed by atoms with Gasteiger partial charge in [0.1, 0.15) is 6.61 Å². The first-order valence-corrected chi connectivity index (χ1v) is 7.15. The van der Waals surface area contributed by atoms with Crippen LogP contribution in [0.1, 0.15) is 33.1 Å². The molecule has 1 fully saturated rings. The Labute approximate surface area is 115 Å². The van der Waals surface area contributed by atoms with Crippen LogP contribution in [0.25, 0.3) is 0 Å². The number of ether oxygens (including phenoxy) is 1. The Morgan fingerprint density at radius 3 is 2.58 bits per heavy atom. The third-order valence-corrected chi connectivity index (χ3v) is 3.10. The summed E-state index contributed by atoms with van der Waals surface area (Å²) in [6, 6.07) is 0. The minimum Gasteiger partial charge on any atom is -0.448 e. The van der Waals surface area contributed by atoms with Crippen molar-refractivity contribution in [1.29, 1.82) is 0 Å². The largest absolute Gasteiger partial charge is 0.448 e. The lowest BCUT2D eigenvalue weighted by Gasteiger charge is -2.29. The maximum Gasteiger partial charge on any atom is 0.433 e. The lowest BCUT2D eigenvalue weighted by Crippen LogP contribution is -2.40. The fourth-order valence-electron chi connectivity index (χ4n) is 2.14. The van der Waals surface area contributed by atoms with Crippen LogP contribution in [0.4, 0.5) is 4.79 Å². The Bertz CT molecular complexity index is 257. The molecule has 1 unspecified atom stereocenters. The van der Waals surface area contributed by atoms with Crippen molar-refractivity contribution in [2.45, 2.75) is 39.2 Å². The summed E-state index contributed by atoms with van der Waals surface area (Å²) in [5, 5.41) is 11.1. The smallest absolute Gasteiger partial charge is 0.433 e. The van der Waals surface area contributed by atoms with E-state index in [9.17, 15) is 9.90 Å². The Morgan fingerprint density at radius 1 is 1.32 bits per heavy atom. The Hall–Kier alpha value is -0.850. The van der Waals surface area contributed by atoms with E-state index in [0.29, 0.717) is 19.7 Å². The number of hydrogen-bond acceptors (Lipinski definition) is 5. The predicted molar refractivity (Wildman–Crippen MR) is 71.7 cm³/mol. The van der Waals surface area contributed by atoms with Crippen LogP contribution in [0.2, 0.25) is 0 Å². The molecule has 0 aromatic carbocycles. The first-order chi connectivity index (χ1) is 9.17. The van der Waals surface area contributed by atoms with E-state index in [4.69, 9.17) is 9.57 Å². The molecule has 1 rings (SSSR count). The topological polar surface area (TPSA) is 62.2 Å². The van der Waals surface area contributed by atoms with E-state index in [0.717, 1.165) is 18.2 Å². The number of β-amino-alcohol motifs (C(OH)–C–C–N with tert-alkyl or cyclic N) is 1. The van der Waals surface area contributed by atoms with Crippen molar-refractivity contribution in [2.24, 2.45) is 0 Å². The fourth-order valence-corrected chi connectivity index (χ4v) is 2.14. The number of nitrogens with zero attached hydrogens (tertiary/aromatic N) is 2. The van der Waals surface area contributed by atoms with Crippen LogP contribution in [0.3, 0.4) is 0 Å². The first kappa shape index (κ1) is 16.2. The molecule has 0 spiro atoms. The van der Waals surface area contributed by atoms with Crippen LogP contribution in [-0.4, -0.2) is 66.7 Å². The van der Waals surface area contributed by atoms with Gasteiger partial charge in [-0.1, -0.05) is 6.42 Å². The monoisotopic (exact) mass is 274 g/mol. The van der Waals surface area contributed by atoms with Gasteiger partial charge in [-0.15, -0.1) is 0 Å². The predicted octanol–water partition coefficient (Wildman–Crippen LogP) is 1.24. The van der Waals surface area contributed by atoms with Crippen LogP contribution >= 0.6 is 0 Å². The van der Waals surface area contributed by atoms with Gasteiger partial charge in [-0.05, 0) is 39.8 Å². The summed E-state index contributed by atoms with van der Waals surface area (Å²) in [5.74, 6) is 0. The number of aliphatic hydroxyl groups is 1. The molecule has 0 aromatic heterocycles. The molecule has 0 saturated carbocycles. The summed E-state index contributed by atoms with van der Waals surface area (Å²) in [6.07, 6.45) is 2.57. The molecule has 1 amide bonds. The van der Waals surface area contributed by atoms with Crippen LogP contribution in [0.5, 0.6) is 0 Å². The maximum atomic E-state index is 11.5. The number of carbonyl (C=O) groups excluding carboxylic acids is 1. The molecule has 6 nitrogen and oxygen atoms in total. The van der Waals surface area contributed by atoms with Crippen molar-refractivity contribution in [1.82, 2.24) is 9.96 Å². The van der Waals surface area contributed by atoms with Gasteiger partial charge in [0.2, 0.25) is 0 Å². The zero-order valence-electron chi connectivity index (χ0n) is 12.0. The van der Waals surface area contributed by atoms with E-state index in [1.165, 1.54) is 19.3 Å². The van der Waals surface area contributed by atoms with Gasteiger partial charge in [0.25, 0.3) is 0 Å². The molecule has 0 radical (unpaired) electrons. The number of amides is 1. The third kappa shape index (κ3) is 6.22. The second-order valence-electron chi connectivity index (χ2n) is 4.70. The third-order valence-electron chi connectivity index (χ3n) is 3.10. The van der Waals surface area contributed by atoms with Gasteiger partial charge < -0.3 is 14.7 Å². The number of aliphatic hydroxyl groups excluding tert-OH is 1. The average Bonchev–Trinajstić information content (AvgIpc) is 2.41. The Morgan fingerprint density at radius 2 is 2.00 bits per heavy atom. The van der Waals surface area contributed by atoms with Crippen molar-refractivity contribution < 1.29 is 19.5 Å².